The van der Waals surface area contributed by atoms with Crippen LogP contribution in [0.5, 0.6) is 0 Å². The third-order valence-corrected chi connectivity index (χ3v) is 5.34. The molecular weight excluding hydrogens is 351 g/mol. The molecule has 1 unspecified atom stereocenters. The molecule has 0 amide bonds. The molecular formula is C21H20ClFN2O. The number of Topliss-reactive ketones (excluding diaryl/α,β-unsaturated/α-hetero) is 1. The van der Waals surface area contributed by atoms with Gasteiger partial charge in [-0.05, 0) is 36.1 Å². The van der Waals surface area contributed by atoms with Gasteiger partial charge in [-0.25, -0.2) is 4.39 Å². The highest BCUT2D eigenvalue weighted by molar-refractivity contribution is 6.31. The molecule has 1 aliphatic carbocycles. The number of hydrogen-bond acceptors (Lipinski definition) is 3. The van der Waals surface area contributed by atoms with Crippen molar-refractivity contribution in [3.05, 3.63) is 70.1 Å². The van der Waals surface area contributed by atoms with Crippen molar-refractivity contribution >= 4 is 28.8 Å². The Bertz CT molecular complexity index is 915. The van der Waals surface area contributed by atoms with Crippen molar-refractivity contribution in [1.82, 2.24) is 0 Å². The first kappa shape index (κ1) is 17.1. The van der Waals surface area contributed by atoms with Crippen molar-refractivity contribution in [1.29, 1.82) is 0 Å². The van der Waals surface area contributed by atoms with Crippen LogP contribution in [0.3, 0.4) is 0 Å². The SMILES string of the molecule is CC1(C)CC(=O)C2=C(C1)Nc1ccccc1NC2c1c(F)cccc1Cl. The molecule has 26 heavy (non-hydrogen) atoms. The topological polar surface area (TPSA) is 41.1 Å². The van der Waals surface area contributed by atoms with E-state index in [0.29, 0.717) is 29.0 Å². The monoisotopic (exact) mass is 370 g/mol. The van der Waals surface area contributed by atoms with Crippen LogP contribution in [-0.2, 0) is 4.79 Å². The lowest BCUT2D eigenvalue weighted by Gasteiger charge is -2.34. The Labute approximate surface area is 157 Å². The summed E-state index contributed by atoms with van der Waals surface area (Å²) in [4.78, 5) is 13.1. The van der Waals surface area contributed by atoms with Gasteiger partial charge in [-0.3, -0.25) is 4.79 Å². The Hall–Kier alpha value is -2.33. The van der Waals surface area contributed by atoms with Crippen molar-refractivity contribution < 1.29 is 9.18 Å². The fraction of sp³-hybridized carbons (Fsp3) is 0.286. The van der Waals surface area contributed by atoms with Crippen molar-refractivity contribution in [3.8, 4) is 0 Å². The van der Waals surface area contributed by atoms with Gasteiger partial charge in [0.1, 0.15) is 5.82 Å². The molecule has 0 spiro atoms. The number of nitrogens with one attached hydrogen (secondary N) is 2. The molecule has 4 rings (SSSR count). The maximum absolute atomic E-state index is 14.7. The van der Waals surface area contributed by atoms with Gasteiger partial charge >= 0.3 is 0 Å². The molecule has 2 aromatic rings. The summed E-state index contributed by atoms with van der Waals surface area (Å²) in [6.07, 6.45) is 1.14. The number of para-hydroxylation sites is 2. The lowest BCUT2D eigenvalue weighted by atomic mass is 9.73. The number of carbonyl (C=O) groups is 1. The summed E-state index contributed by atoms with van der Waals surface area (Å²) in [5, 5.41) is 7.08. The summed E-state index contributed by atoms with van der Waals surface area (Å²) in [5.74, 6) is -0.396. The maximum Gasteiger partial charge on any atom is 0.163 e. The second-order valence-corrected chi connectivity index (χ2v) is 8.12. The van der Waals surface area contributed by atoms with E-state index in [1.165, 1.54) is 6.07 Å². The molecule has 1 aliphatic heterocycles. The minimum Gasteiger partial charge on any atom is -0.372 e. The molecule has 3 nitrogen and oxygen atoms in total. The molecule has 1 heterocycles. The molecule has 2 aromatic carbocycles. The van der Waals surface area contributed by atoms with E-state index in [1.807, 2.05) is 24.3 Å². The van der Waals surface area contributed by atoms with E-state index in [1.54, 1.807) is 12.1 Å². The van der Waals surface area contributed by atoms with E-state index in [9.17, 15) is 9.18 Å². The van der Waals surface area contributed by atoms with Gasteiger partial charge in [-0.15, -0.1) is 0 Å². The van der Waals surface area contributed by atoms with Gasteiger partial charge in [-0.2, -0.15) is 0 Å². The van der Waals surface area contributed by atoms with Crippen LogP contribution < -0.4 is 10.6 Å². The Kier molecular flexibility index (Phi) is 4.03. The van der Waals surface area contributed by atoms with Crippen LogP contribution >= 0.6 is 11.6 Å². The molecule has 0 fully saturated rings. The zero-order chi connectivity index (χ0) is 18.5. The molecule has 1 atom stereocenters. The number of halogens is 2. The second-order valence-electron chi connectivity index (χ2n) is 7.72. The fourth-order valence-electron chi connectivity index (χ4n) is 3.89. The number of anilines is 2. The van der Waals surface area contributed by atoms with Crippen LogP contribution in [0.1, 0.15) is 38.3 Å². The predicted octanol–water partition coefficient (Wildman–Crippen LogP) is 5.70. The second kappa shape index (κ2) is 6.13. The van der Waals surface area contributed by atoms with Crippen LogP contribution in [0.4, 0.5) is 15.8 Å². The number of carbonyl (C=O) groups excluding carboxylic acids is 1. The molecule has 0 aromatic heterocycles. The molecule has 0 saturated carbocycles. The van der Waals surface area contributed by atoms with Gasteiger partial charge in [0.2, 0.25) is 0 Å². The third-order valence-electron chi connectivity index (χ3n) is 5.01. The van der Waals surface area contributed by atoms with Gasteiger partial charge in [0, 0.05) is 28.3 Å². The summed E-state index contributed by atoms with van der Waals surface area (Å²) < 4.78 is 14.7. The first-order chi connectivity index (χ1) is 12.4. The first-order valence-electron chi connectivity index (χ1n) is 8.68. The zero-order valence-corrected chi connectivity index (χ0v) is 15.5. The van der Waals surface area contributed by atoms with Gasteiger partial charge in [0.15, 0.2) is 5.78 Å². The minimum atomic E-state index is -0.626. The molecule has 2 N–H and O–H groups in total. The Morgan fingerprint density at radius 2 is 1.81 bits per heavy atom. The maximum atomic E-state index is 14.7. The highest BCUT2D eigenvalue weighted by Crippen LogP contribution is 2.46. The van der Waals surface area contributed by atoms with Crippen LogP contribution in [0.2, 0.25) is 5.02 Å². The zero-order valence-electron chi connectivity index (χ0n) is 14.7. The summed E-state index contributed by atoms with van der Waals surface area (Å²) in [5.41, 5.74) is 3.28. The molecule has 0 bridgehead atoms. The summed E-state index contributed by atoms with van der Waals surface area (Å²) >= 11 is 6.34. The van der Waals surface area contributed by atoms with E-state index in [-0.39, 0.29) is 11.2 Å². The van der Waals surface area contributed by atoms with Gasteiger partial charge in [-0.1, -0.05) is 43.6 Å². The van der Waals surface area contributed by atoms with E-state index in [4.69, 9.17) is 11.6 Å². The minimum absolute atomic E-state index is 0.0216. The lowest BCUT2D eigenvalue weighted by molar-refractivity contribution is -0.118. The van der Waals surface area contributed by atoms with Crippen molar-refractivity contribution in [2.45, 2.75) is 32.7 Å². The lowest BCUT2D eigenvalue weighted by Crippen LogP contribution is -2.31. The largest absolute Gasteiger partial charge is 0.372 e. The molecule has 5 heteroatoms. The molecule has 2 aliphatic rings. The predicted molar refractivity (Wildman–Crippen MR) is 103 cm³/mol. The van der Waals surface area contributed by atoms with E-state index >= 15 is 0 Å². The highest BCUT2D eigenvalue weighted by atomic mass is 35.5. The van der Waals surface area contributed by atoms with Crippen molar-refractivity contribution in [2.24, 2.45) is 5.41 Å². The fourth-order valence-corrected chi connectivity index (χ4v) is 4.16. The highest BCUT2D eigenvalue weighted by Gasteiger charge is 2.39. The normalized spacial score (nSPS) is 21.2. The Morgan fingerprint density at radius 3 is 2.54 bits per heavy atom. The van der Waals surface area contributed by atoms with Gasteiger partial charge in [0.05, 0.1) is 17.4 Å². The van der Waals surface area contributed by atoms with E-state index in [2.05, 4.69) is 24.5 Å². The summed E-state index contributed by atoms with van der Waals surface area (Å²) in [7, 11) is 0. The van der Waals surface area contributed by atoms with Gasteiger partial charge < -0.3 is 10.6 Å². The quantitative estimate of drug-likeness (QED) is 0.676. The van der Waals surface area contributed by atoms with Crippen LogP contribution in [0.25, 0.3) is 0 Å². The van der Waals surface area contributed by atoms with Crippen molar-refractivity contribution in [2.75, 3.05) is 10.6 Å². The average molecular weight is 371 g/mol. The van der Waals surface area contributed by atoms with Crippen molar-refractivity contribution in [3.63, 3.8) is 0 Å². The Balaban J connectivity index is 1.95. The Morgan fingerprint density at radius 1 is 1.08 bits per heavy atom. The number of benzene rings is 2. The average Bonchev–Trinajstić information content (AvgIpc) is 2.70. The number of fused-ring (bicyclic) bond motifs is 1. The van der Waals surface area contributed by atoms with E-state index < -0.39 is 11.9 Å². The number of hydrogen-bond donors (Lipinski definition) is 2. The number of ketones is 1. The molecule has 0 radical (unpaired) electrons. The van der Waals surface area contributed by atoms with E-state index in [0.717, 1.165) is 17.1 Å². The standard InChI is InChI=1S/C21H20ClFN2O/c1-21(2)10-16-19(17(26)11-21)20(18-12(22)6-5-7-13(18)23)25-15-9-4-3-8-14(15)24-16/h3-9,20,24-25H,10-11H2,1-2H3. The van der Waals surface area contributed by atoms with Gasteiger partial charge in [0.25, 0.3) is 0 Å². The summed E-state index contributed by atoms with van der Waals surface area (Å²) in [6.45, 7) is 4.15. The summed E-state index contributed by atoms with van der Waals surface area (Å²) in [6, 6.07) is 11.7. The van der Waals surface area contributed by atoms with Crippen LogP contribution in [-0.4, -0.2) is 5.78 Å². The van der Waals surface area contributed by atoms with Crippen LogP contribution in [0, 0.1) is 11.2 Å². The number of allylic oxidation sites excluding steroid dienone is 1. The van der Waals surface area contributed by atoms with Crippen LogP contribution in [0.15, 0.2) is 53.7 Å². The third kappa shape index (κ3) is 2.88. The molecule has 134 valence electrons. The number of rotatable bonds is 1. The first-order valence-corrected chi connectivity index (χ1v) is 9.06. The smallest absolute Gasteiger partial charge is 0.163 e. The molecule has 0 saturated heterocycles.